The maximum absolute atomic E-state index is 13.7. The molecule has 1 aliphatic carbocycles. The van der Waals surface area contributed by atoms with Crippen LogP contribution in [-0.4, -0.2) is 56.5 Å². The number of hydrogen-bond donors (Lipinski definition) is 1. The molecule has 0 aliphatic heterocycles. The number of hydrogen-bond acceptors (Lipinski definition) is 5. The zero-order chi connectivity index (χ0) is 28.5. The first-order chi connectivity index (χ1) is 19.4. The van der Waals surface area contributed by atoms with Crippen LogP contribution in [0.1, 0.15) is 52.2 Å². The third-order valence-corrected chi connectivity index (χ3v) is 7.53. The summed E-state index contributed by atoms with van der Waals surface area (Å²) in [6, 6.07) is 24.4. The molecule has 1 N–H and O–H groups in total. The smallest absolute Gasteiger partial charge is 0.321 e. The van der Waals surface area contributed by atoms with Gasteiger partial charge in [0.1, 0.15) is 17.8 Å². The fraction of sp³-hybridized carbons (Fsp3) is 0.303. The average molecular weight is 541 g/mol. The zero-order valence-corrected chi connectivity index (χ0v) is 23.1. The van der Waals surface area contributed by atoms with Gasteiger partial charge in [0, 0.05) is 20.1 Å². The SMILES string of the molecule is C=CCOC(=O)[C@]1(c2ccccc2)CC[C@@H](C(=O)N(C)CCCNC(=O)c2ccccc2OC)c2ccccc21. The molecular formula is C33H36N2O5. The van der Waals surface area contributed by atoms with E-state index in [2.05, 4.69) is 11.9 Å². The van der Waals surface area contributed by atoms with Gasteiger partial charge in [-0.2, -0.15) is 0 Å². The summed E-state index contributed by atoms with van der Waals surface area (Å²) in [6.45, 7) is 4.70. The minimum atomic E-state index is -1.00. The highest BCUT2D eigenvalue weighted by atomic mass is 16.5. The predicted molar refractivity (Wildman–Crippen MR) is 154 cm³/mol. The highest BCUT2D eigenvalue weighted by Crippen LogP contribution is 2.48. The Balaban J connectivity index is 1.48. The predicted octanol–water partition coefficient (Wildman–Crippen LogP) is 4.87. The zero-order valence-electron chi connectivity index (χ0n) is 23.1. The Morgan fingerprint density at radius 3 is 2.48 bits per heavy atom. The fourth-order valence-electron chi connectivity index (χ4n) is 5.53. The van der Waals surface area contributed by atoms with Crippen molar-refractivity contribution >= 4 is 17.8 Å². The van der Waals surface area contributed by atoms with Gasteiger partial charge in [-0.05, 0) is 48.1 Å². The molecule has 0 fully saturated rings. The fourth-order valence-corrected chi connectivity index (χ4v) is 5.53. The summed E-state index contributed by atoms with van der Waals surface area (Å²) < 4.78 is 10.9. The number of amides is 2. The number of nitrogens with one attached hydrogen (secondary N) is 1. The number of ether oxygens (including phenoxy) is 2. The number of fused-ring (bicyclic) bond motifs is 1. The van der Waals surface area contributed by atoms with E-state index in [1.54, 1.807) is 36.2 Å². The van der Waals surface area contributed by atoms with Crippen LogP contribution in [0.3, 0.4) is 0 Å². The van der Waals surface area contributed by atoms with Crippen molar-refractivity contribution in [2.75, 3.05) is 33.9 Å². The Labute approximate surface area is 235 Å². The van der Waals surface area contributed by atoms with Crippen LogP contribution in [0.5, 0.6) is 5.75 Å². The van der Waals surface area contributed by atoms with Crippen LogP contribution in [0, 0.1) is 0 Å². The molecule has 0 bridgehead atoms. The van der Waals surface area contributed by atoms with Crippen LogP contribution in [0.25, 0.3) is 0 Å². The van der Waals surface area contributed by atoms with Gasteiger partial charge >= 0.3 is 5.97 Å². The Bertz CT molecular complexity index is 1360. The molecule has 1 aliphatic rings. The monoisotopic (exact) mass is 540 g/mol. The normalized spacial score (nSPS) is 17.7. The number of carbonyl (C=O) groups excluding carboxylic acids is 3. The standard InChI is InChI=1S/C33H36N2O5/c1-4-23-40-32(38)33(24-13-6-5-7-14-24)20-19-26(25-15-8-10-17-28(25)33)31(37)35(2)22-12-21-34-30(36)27-16-9-11-18-29(27)39-3/h4-11,13-18,26H,1,12,19-23H2,2-3H3,(H,34,36)/t26-,33+/m1/s1. The van der Waals surface area contributed by atoms with E-state index in [1.807, 2.05) is 60.7 Å². The Morgan fingerprint density at radius 1 is 1.02 bits per heavy atom. The van der Waals surface area contributed by atoms with Crippen LogP contribution in [0.4, 0.5) is 0 Å². The van der Waals surface area contributed by atoms with E-state index in [0.717, 1.165) is 16.7 Å². The van der Waals surface area contributed by atoms with Crippen molar-refractivity contribution in [3.05, 3.63) is 114 Å². The molecule has 7 heteroatoms. The van der Waals surface area contributed by atoms with Gasteiger partial charge in [-0.15, -0.1) is 0 Å². The summed E-state index contributed by atoms with van der Waals surface area (Å²) in [7, 11) is 3.31. The van der Waals surface area contributed by atoms with Crippen LogP contribution >= 0.6 is 0 Å². The van der Waals surface area contributed by atoms with E-state index in [0.29, 0.717) is 43.7 Å². The molecule has 0 spiro atoms. The molecule has 0 unspecified atom stereocenters. The lowest BCUT2D eigenvalue weighted by Gasteiger charge is -2.41. The Morgan fingerprint density at radius 2 is 1.73 bits per heavy atom. The van der Waals surface area contributed by atoms with Crippen LogP contribution in [-0.2, 0) is 19.7 Å². The molecule has 3 aromatic carbocycles. The molecule has 2 atom stereocenters. The number of benzene rings is 3. The summed E-state index contributed by atoms with van der Waals surface area (Å²) in [4.78, 5) is 41.6. The second-order valence-corrected chi connectivity index (χ2v) is 9.91. The number of likely N-dealkylation sites (N-methyl/N-ethyl adjacent to an activating group) is 1. The molecule has 2 amide bonds. The number of esters is 1. The minimum Gasteiger partial charge on any atom is -0.496 e. The van der Waals surface area contributed by atoms with E-state index in [-0.39, 0.29) is 30.3 Å². The number of rotatable bonds is 11. The van der Waals surface area contributed by atoms with E-state index in [1.165, 1.54) is 7.11 Å². The second-order valence-electron chi connectivity index (χ2n) is 9.91. The van der Waals surface area contributed by atoms with Crippen LogP contribution in [0.2, 0.25) is 0 Å². The summed E-state index contributed by atoms with van der Waals surface area (Å²) in [5.41, 5.74) is 1.97. The molecule has 0 radical (unpaired) electrons. The first kappa shape index (κ1) is 28.6. The molecule has 3 aromatic rings. The quantitative estimate of drug-likeness (QED) is 0.213. The lowest BCUT2D eigenvalue weighted by molar-refractivity contribution is -0.149. The van der Waals surface area contributed by atoms with Crippen molar-refractivity contribution in [2.45, 2.75) is 30.6 Å². The lowest BCUT2D eigenvalue weighted by atomic mass is 9.63. The van der Waals surface area contributed by atoms with Crippen molar-refractivity contribution in [2.24, 2.45) is 0 Å². The van der Waals surface area contributed by atoms with Crippen LogP contribution in [0.15, 0.2) is 91.5 Å². The first-order valence-electron chi connectivity index (χ1n) is 13.5. The molecule has 40 heavy (non-hydrogen) atoms. The highest BCUT2D eigenvalue weighted by Gasteiger charge is 2.49. The van der Waals surface area contributed by atoms with Crippen molar-refractivity contribution in [3.8, 4) is 5.75 Å². The number of methoxy groups -OCH3 is 1. The van der Waals surface area contributed by atoms with Crippen LogP contribution < -0.4 is 10.1 Å². The minimum absolute atomic E-state index is 0.00961. The van der Waals surface area contributed by atoms with Crippen molar-refractivity contribution in [3.63, 3.8) is 0 Å². The Hall–Kier alpha value is -4.39. The third kappa shape index (κ3) is 5.78. The molecule has 0 saturated heterocycles. The molecule has 4 rings (SSSR count). The molecule has 0 saturated carbocycles. The van der Waals surface area contributed by atoms with E-state index in [9.17, 15) is 14.4 Å². The van der Waals surface area contributed by atoms with Gasteiger partial charge in [0.25, 0.3) is 5.91 Å². The molecule has 0 aromatic heterocycles. The molecule has 7 nitrogen and oxygen atoms in total. The van der Waals surface area contributed by atoms with Gasteiger partial charge in [-0.3, -0.25) is 14.4 Å². The average Bonchev–Trinajstić information content (AvgIpc) is 3.01. The van der Waals surface area contributed by atoms with E-state index >= 15 is 0 Å². The summed E-state index contributed by atoms with van der Waals surface area (Å²) >= 11 is 0. The third-order valence-electron chi connectivity index (χ3n) is 7.53. The maximum atomic E-state index is 13.7. The number of nitrogens with zero attached hydrogens (tertiary/aromatic N) is 1. The van der Waals surface area contributed by atoms with Gasteiger partial charge in [0.05, 0.1) is 18.6 Å². The summed E-state index contributed by atoms with van der Waals surface area (Å²) in [6.07, 6.45) is 3.11. The van der Waals surface area contributed by atoms with E-state index in [4.69, 9.17) is 9.47 Å². The van der Waals surface area contributed by atoms with Gasteiger partial charge in [-0.1, -0.05) is 79.4 Å². The van der Waals surface area contributed by atoms with Crippen molar-refractivity contribution in [1.82, 2.24) is 10.2 Å². The van der Waals surface area contributed by atoms with Gasteiger partial charge < -0.3 is 19.7 Å². The maximum Gasteiger partial charge on any atom is 0.321 e. The summed E-state index contributed by atoms with van der Waals surface area (Å²) in [5.74, 6) is -0.425. The number of para-hydroxylation sites is 1. The lowest BCUT2D eigenvalue weighted by Crippen LogP contribution is -2.45. The summed E-state index contributed by atoms with van der Waals surface area (Å²) in [5, 5.41) is 2.91. The van der Waals surface area contributed by atoms with E-state index < -0.39 is 5.41 Å². The van der Waals surface area contributed by atoms with Gasteiger partial charge in [0.15, 0.2) is 0 Å². The molecule has 0 heterocycles. The first-order valence-corrected chi connectivity index (χ1v) is 13.5. The second kappa shape index (κ2) is 13.1. The van der Waals surface area contributed by atoms with Crippen molar-refractivity contribution in [1.29, 1.82) is 0 Å². The van der Waals surface area contributed by atoms with Gasteiger partial charge in [0.2, 0.25) is 5.91 Å². The Kier molecular flexibility index (Phi) is 9.38. The topological polar surface area (TPSA) is 84.9 Å². The van der Waals surface area contributed by atoms with Crippen molar-refractivity contribution < 1.29 is 23.9 Å². The highest BCUT2D eigenvalue weighted by molar-refractivity contribution is 5.97. The molecule has 208 valence electrons. The van der Waals surface area contributed by atoms with Gasteiger partial charge in [-0.25, -0.2) is 0 Å². The largest absolute Gasteiger partial charge is 0.496 e. The number of carbonyl (C=O) groups is 3. The molecular weight excluding hydrogens is 504 g/mol.